The molecular weight excluding hydrogens is 352 g/mol. The standard InChI is InChI=1S/C28H46O/c1-18(2)19(3)7-8-20(4)24-11-12-25-23-10-9-21-17-22(29)13-15-27(21,5)26(23)14-16-28(24,25)6/h9,18-20,23-26H,7-8,10-17H2,1-6H3/t19-,20-,23?,24?,25?,26?,27+,28-/m1/s1. The van der Waals surface area contributed by atoms with Crippen LogP contribution in [0.15, 0.2) is 11.6 Å². The summed E-state index contributed by atoms with van der Waals surface area (Å²) in [6.45, 7) is 15.0. The third-order valence-electron chi connectivity index (χ3n) is 10.9. The molecule has 29 heavy (non-hydrogen) atoms. The summed E-state index contributed by atoms with van der Waals surface area (Å²) in [5.41, 5.74) is 2.41. The van der Waals surface area contributed by atoms with Crippen LogP contribution in [-0.2, 0) is 4.79 Å². The zero-order chi connectivity index (χ0) is 21.0. The van der Waals surface area contributed by atoms with Gasteiger partial charge in [-0.15, -0.1) is 0 Å². The SMILES string of the molecule is CC(C)[C@H](C)CC[C@@H](C)C1CCC2C3CC=C4CC(=O)CC[C@]4(C)C3CC[C@@]21C. The number of carbonyl (C=O) groups excluding carboxylic acids is 1. The van der Waals surface area contributed by atoms with Gasteiger partial charge in [-0.1, -0.05) is 66.0 Å². The summed E-state index contributed by atoms with van der Waals surface area (Å²) in [6, 6.07) is 0. The zero-order valence-corrected chi connectivity index (χ0v) is 20.1. The Bertz CT molecular complexity index is 659. The van der Waals surface area contributed by atoms with Crippen molar-refractivity contribution in [2.75, 3.05) is 0 Å². The van der Waals surface area contributed by atoms with Gasteiger partial charge in [0.15, 0.2) is 0 Å². The van der Waals surface area contributed by atoms with Crippen LogP contribution in [0.25, 0.3) is 0 Å². The average Bonchev–Trinajstić information content (AvgIpc) is 3.03. The fourth-order valence-electron chi connectivity index (χ4n) is 8.51. The van der Waals surface area contributed by atoms with Crippen molar-refractivity contribution in [2.24, 2.45) is 52.3 Å². The number of carbonyl (C=O) groups is 1. The lowest BCUT2D eigenvalue weighted by atomic mass is 9.47. The van der Waals surface area contributed by atoms with E-state index < -0.39 is 0 Å². The van der Waals surface area contributed by atoms with Crippen LogP contribution in [0.3, 0.4) is 0 Å². The van der Waals surface area contributed by atoms with Crippen molar-refractivity contribution in [3.8, 4) is 0 Å². The van der Waals surface area contributed by atoms with Crippen molar-refractivity contribution in [3.05, 3.63) is 11.6 Å². The lowest BCUT2D eigenvalue weighted by Gasteiger charge is -2.58. The minimum absolute atomic E-state index is 0.328. The van der Waals surface area contributed by atoms with Crippen LogP contribution in [0.4, 0.5) is 0 Å². The molecule has 3 fully saturated rings. The number of hydrogen-bond donors (Lipinski definition) is 0. The molecule has 0 aliphatic heterocycles. The number of fused-ring (bicyclic) bond motifs is 5. The quantitative estimate of drug-likeness (QED) is 0.431. The Balaban J connectivity index is 1.49. The normalized spacial score (nSPS) is 44.0. The van der Waals surface area contributed by atoms with Gasteiger partial charge >= 0.3 is 0 Å². The van der Waals surface area contributed by atoms with E-state index in [0.717, 1.165) is 60.7 Å². The highest BCUT2D eigenvalue weighted by atomic mass is 16.1. The van der Waals surface area contributed by atoms with Gasteiger partial charge in [-0.2, -0.15) is 0 Å². The molecule has 164 valence electrons. The lowest BCUT2D eigenvalue weighted by molar-refractivity contribution is -0.122. The van der Waals surface area contributed by atoms with Gasteiger partial charge in [-0.05, 0) is 90.8 Å². The molecule has 0 aromatic carbocycles. The Kier molecular flexibility index (Phi) is 5.84. The average molecular weight is 399 g/mol. The van der Waals surface area contributed by atoms with E-state index in [9.17, 15) is 4.79 Å². The maximum atomic E-state index is 12.1. The second-order valence-corrected chi connectivity index (χ2v) is 12.5. The topological polar surface area (TPSA) is 17.1 Å². The van der Waals surface area contributed by atoms with Crippen molar-refractivity contribution in [1.29, 1.82) is 0 Å². The van der Waals surface area contributed by atoms with Gasteiger partial charge in [0.2, 0.25) is 0 Å². The van der Waals surface area contributed by atoms with Crippen molar-refractivity contribution < 1.29 is 4.79 Å². The first-order valence-corrected chi connectivity index (χ1v) is 12.9. The van der Waals surface area contributed by atoms with E-state index in [0.29, 0.717) is 16.6 Å². The molecule has 0 heterocycles. The van der Waals surface area contributed by atoms with Crippen LogP contribution in [0, 0.1) is 52.3 Å². The maximum absolute atomic E-state index is 12.1. The summed E-state index contributed by atoms with van der Waals surface area (Å²) in [6.07, 6.45) is 15.1. The molecule has 4 aliphatic rings. The molecule has 0 bridgehead atoms. The van der Waals surface area contributed by atoms with E-state index in [2.05, 4.69) is 47.6 Å². The highest BCUT2D eigenvalue weighted by Gasteiger charge is 2.59. The second-order valence-electron chi connectivity index (χ2n) is 12.5. The third kappa shape index (κ3) is 3.57. The summed E-state index contributed by atoms with van der Waals surface area (Å²) in [5, 5.41) is 0. The Morgan fingerprint density at radius 2 is 1.76 bits per heavy atom. The molecule has 0 saturated heterocycles. The van der Waals surface area contributed by atoms with Crippen molar-refractivity contribution in [3.63, 3.8) is 0 Å². The second kappa shape index (κ2) is 7.83. The van der Waals surface area contributed by atoms with E-state index in [-0.39, 0.29) is 0 Å². The minimum Gasteiger partial charge on any atom is -0.299 e. The van der Waals surface area contributed by atoms with Crippen molar-refractivity contribution in [2.45, 2.75) is 106 Å². The summed E-state index contributed by atoms with van der Waals surface area (Å²) < 4.78 is 0. The molecule has 3 saturated carbocycles. The van der Waals surface area contributed by atoms with Gasteiger partial charge in [0.25, 0.3) is 0 Å². The van der Waals surface area contributed by atoms with E-state index in [1.54, 1.807) is 0 Å². The highest BCUT2D eigenvalue weighted by Crippen LogP contribution is 2.67. The van der Waals surface area contributed by atoms with Crippen molar-refractivity contribution >= 4 is 5.78 Å². The number of allylic oxidation sites excluding steroid dienone is 2. The van der Waals surface area contributed by atoms with Crippen LogP contribution >= 0.6 is 0 Å². The van der Waals surface area contributed by atoms with Crippen molar-refractivity contribution in [1.82, 2.24) is 0 Å². The first-order valence-electron chi connectivity index (χ1n) is 12.9. The minimum atomic E-state index is 0.328. The molecule has 4 rings (SSSR count). The van der Waals surface area contributed by atoms with E-state index in [1.165, 1.54) is 50.5 Å². The van der Waals surface area contributed by atoms with Crippen LogP contribution in [0.1, 0.15) is 106 Å². The molecule has 0 N–H and O–H groups in total. The molecule has 1 nitrogen and oxygen atoms in total. The van der Waals surface area contributed by atoms with E-state index in [1.807, 2.05) is 0 Å². The molecule has 0 radical (unpaired) electrons. The Morgan fingerprint density at radius 3 is 2.48 bits per heavy atom. The van der Waals surface area contributed by atoms with Gasteiger partial charge in [0, 0.05) is 12.8 Å². The predicted octanol–water partition coefficient (Wildman–Crippen LogP) is 7.84. The van der Waals surface area contributed by atoms with Crippen LogP contribution in [-0.4, -0.2) is 5.78 Å². The Labute approximate surface area is 180 Å². The number of ketones is 1. The number of hydrogen-bond acceptors (Lipinski definition) is 1. The van der Waals surface area contributed by atoms with Gasteiger partial charge in [0.1, 0.15) is 5.78 Å². The van der Waals surface area contributed by atoms with Crippen LogP contribution in [0.2, 0.25) is 0 Å². The number of Topliss-reactive ketones (excluding diaryl/α,β-unsaturated/α-hetero) is 1. The molecule has 4 unspecified atom stereocenters. The summed E-state index contributed by atoms with van der Waals surface area (Å²) >= 11 is 0. The molecule has 4 aliphatic carbocycles. The first-order chi connectivity index (χ1) is 13.7. The largest absolute Gasteiger partial charge is 0.299 e. The Morgan fingerprint density at radius 1 is 1.00 bits per heavy atom. The molecule has 0 amide bonds. The Hall–Kier alpha value is -0.590. The van der Waals surface area contributed by atoms with E-state index >= 15 is 0 Å². The van der Waals surface area contributed by atoms with Crippen LogP contribution < -0.4 is 0 Å². The van der Waals surface area contributed by atoms with Gasteiger partial charge in [-0.25, -0.2) is 0 Å². The van der Waals surface area contributed by atoms with Gasteiger partial charge in [0.05, 0.1) is 0 Å². The van der Waals surface area contributed by atoms with Crippen LogP contribution in [0.5, 0.6) is 0 Å². The van der Waals surface area contributed by atoms with E-state index in [4.69, 9.17) is 0 Å². The third-order valence-corrected chi connectivity index (χ3v) is 10.9. The monoisotopic (exact) mass is 398 g/mol. The van der Waals surface area contributed by atoms with Gasteiger partial charge < -0.3 is 0 Å². The molecule has 0 spiro atoms. The molecule has 0 aromatic heterocycles. The maximum Gasteiger partial charge on any atom is 0.136 e. The molecular formula is C28H46O. The molecule has 1 heteroatoms. The summed E-state index contributed by atoms with van der Waals surface area (Å²) in [7, 11) is 0. The summed E-state index contributed by atoms with van der Waals surface area (Å²) in [5.74, 6) is 6.59. The fourth-order valence-corrected chi connectivity index (χ4v) is 8.51. The molecule has 8 atom stereocenters. The summed E-state index contributed by atoms with van der Waals surface area (Å²) in [4.78, 5) is 12.1. The zero-order valence-electron chi connectivity index (χ0n) is 20.1. The smallest absolute Gasteiger partial charge is 0.136 e. The van der Waals surface area contributed by atoms with Gasteiger partial charge in [-0.3, -0.25) is 4.79 Å². The highest BCUT2D eigenvalue weighted by molar-refractivity contribution is 5.82. The molecule has 0 aromatic rings. The lowest BCUT2D eigenvalue weighted by Crippen LogP contribution is -2.50. The first kappa shape index (κ1) is 21.6. The predicted molar refractivity (Wildman–Crippen MR) is 123 cm³/mol. The fraction of sp³-hybridized carbons (Fsp3) is 0.893. The number of rotatable bonds is 5.